The van der Waals surface area contributed by atoms with Crippen molar-refractivity contribution >= 4 is 26.0 Å². The van der Waals surface area contributed by atoms with Gasteiger partial charge in [0.25, 0.3) is 15.6 Å². The number of rotatable bonds is 6. The molecule has 0 aliphatic rings. The summed E-state index contributed by atoms with van der Waals surface area (Å²) in [5.41, 5.74) is -1.07. The molecule has 0 radical (unpaired) electrons. The van der Waals surface area contributed by atoms with Gasteiger partial charge in [-0.2, -0.15) is 4.31 Å². The first kappa shape index (κ1) is 22.1. The molecule has 0 atom stereocenters. The van der Waals surface area contributed by atoms with Crippen LogP contribution in [0, 0.1) is 5.82 Å². The number of benzene rings is 1. The molecule has 0 saturated heterocycles. The first-order chi connectivity index (χ1) is 14.1. The standard InChI is InChI=1S/C19H18BrFN4O4S/c1-23-12-17(18(26)24(2)19(23)27)30(28,29)25(11-15-5-3-4-8-22-15)10-13-6-7-14(20)9-16(13)21/h3-9,12H,10-11H2,1-2H3. The van der Waals surface area contributed by atoms with Gasteiger partial charge in [-0.1, -0.05) is 28.1 Å². The van der Waals surface area contributed by atoms with E-state index in [2.05, 4.69) is 20.9 Å². The lowest BCUT2D eigenvalue weighted by molar-refractivity contribution is 0.388. The molecule has 2 aromatic heterocycles. The summed E-state index contributed by atoms with van der Waals surface area (Å²) in [4.78, 5) is 28.1. The van der Waals surface area contributed by atoms with E-state index in [1.165, 1.54) is 32.4 Å². The Morgan fingerprint density at radius 1 is 1.13 bits per heavy atom. The smallest absolute Gasteiger partial charge is 0.302 e. The van der Waals surface area contributed by atoms with Crippen molar-refractivity contribution in [1.29, 1.82) is 0 Å². The van der Waals surface area contributed by atoms with Crippen molar-refractivity contribution < 1.29 is 12.8 Å². The van der Waals surface area contributed by atoms with Gasteiger partial charge in [0.1, 0.15) is 5.82 Å². The molecule has 0 unspecified atom stereocenters. The van der Waals surface area contributed by atoms with E-state index in [0.717, 1.165) is 15.1 Å². The number of halogens is 2. The SMILES string of the molecule is Cn1cc(S(=O)(=O)N(Cc2ccccn2)Cc2ccc(Br)cc2F)c(=O)n(C)c1=O. The van der Waals surface area contributed by atoms with Crippen molar-refractivity contribution in [2.45, 2.75) is 18.0 Å². The average Bonchev–Trinajstić information content (AvgIpc) is 2.71. The highest BCUT2D eigenvalue weighted by Crippen LogP contribution is 2.22. The minimum atomic E-state index is -4.39. The molecule has 30 heavy (non-hydrogen) atoms. The Labute approximate surface area is 180 Å². The highest BCUT2D eigenvalue weighted by Gasteiger charge is 2.30. The van der Waals surface area contributed by atoms with Crippen molar-refractivity contribution in [3.63, 3.8) is 0 Å². The van der Waals surface area contributed by atoms with E-state index in [4.69, 9.17) is 0 Å². The lowest BCUT2D eigenvalue weighted by Crippen LogP contribution is -2.42. The van der Waals surface area contributed by atoms with Gasteiger partial charge in [-0.3, -0.25) is 14.3 Å². The van der Waals surface area contributed by atoms with E-state index in [1.807, 2.05) is 0 Å². The zero-order valence-corrected chi connectivity index (χ0v) is 18.5. The van der Waals surface area contributed by atoms with Gasteiger partial charge in [-0.05, 0) is 24.3 Å². The van der Waals surface area contributed by atoms with Crippen LogP contribution < -0.4 is 11.2 Å². The molecule has 0 amide bonds. The van der Waals surface area contributed by atoms with E-state index in [1.54, 1.807) is 24.3 Å². The van der Waals surface area contributed by atoms with Gasteiger partial charge in [-0.15, -0.1) is 0 Å². The Bertz CT molecular complexity index is 1310. The van der Waals surface area contributed by atoms with Gasteiger partial charge < -0.3 is 4.57 Å². The van der Waals surface area contributed by atoms with E-state index < -0.39 is 32.0 Å². The summed E-state index contributed by atoms with van der Waals surface area (Å²) >= 11 is 3.17. The van der Waals surface area contributed by atoms with Gasteiger partial charge in [0.2, 0.25) is 0 Å². The summed E-state index contributed by atoms with van der Waals surface area (Å²) in [6.07, 6.45) is 2.48. The molecule has 11 heteroatoms. The minimum Gasteiger partial charge on any atom is -0.302 e. The fraction of sp³-hybridized carbons (Fsp3) is 0.211. The molecule has 1 aromatic carbocycles. The predicted octanol–water partition coefficient (Wildman–Crippen LogP) is 1.77. The normalized spacial score (nSPS) is 11.8. The van der Waals surface area contributed by atoms with Crippen LogP contribution in [0.25, 0.3) is 0 Å². The van der Waals surface area contributed by atoms with Crippen LogP contribution in [0.15, 0.2) is 67.7 Å². The van der Waals surface area contributed by atoms with Gasteiger partial charge >= 0.3 is 5.69 Å². The zero-order chi connectivity index (χ0) is 22.1. The fourth-order valence-corrected chi connectivity index (χ4v) is 4.70. The maximum absolute atomic E-state index is 14.4. The summed E-state index contributed by atoms with van der Waals surface area (Å²) in [5, 5.41) is 0. The second kappa shape index (κ2) is 8.62. The van der Waals surface area contributed by atoms with Crippen molar-refractivity contribution in [3.05, 3.63) is 91.2 Å². The molecule has 0 aliphatic heterocycles. The van der Waals surface area contributed by atoms with Crippen LogP contribution in [0.4, 0.5) is 4.39 Å². The molecule has 0 aliphatic carbocycles. The summed E-state index contributed by atoms with van der Waals surface area (Å²) < 4.78 is 44.4. The van der Waals surface area contributed by atoms with E-state index >= 15 is 0 Å². The molecule has 0 fully saturated rings. The Morgan fingerprint density at radius 2 is 1.87 bits per heavy atom. The van der Waals surface area contributed by atoms with Crippen molar-refractivity contribution in [3.8, 4) is 0 Å². The molecular formula is C19H18BrFN4O4S. The summed E-state index contributed by atoms with van der Waals surface area (Å²) in [5.74, 6) is -0.598. The fourth-order valence-electron chi connectivity index (χ4n) is 2.83. The van der Waals surface area contributed by atoms with E-state index in [-0.39, 0.29) is 18.7 Å². The summed E-state index contributed by atoms with van der Waals surface area (Å²) in [6, 6.07) is 9.28. The average molecular weight is 497 g/mol. The van der Waals surface area contributed by atoms with Crippen molar-refractivity contribution in [1.82, 2.24) is 18.4 Å². The molecule has 3 aromatic rings. The highest BCUT2D eigenvalue weighted by atomic mass is 79.9. The number of aromatic nitrogens is 3. The third kappa shape index (κ3) is 4.42. The molecule has 0 N–H and O–H groups in total. The number of sulfonamides is 1. The van der Waals surface area contributed by atoms with Crippen LogP contribution in [-0.4, -0.2) is 26.8 Å². The second-order valence-electron chi connectivity index (χ2n) is 6.58. The van der Waals surface area contributed by atoms with Gasteiger partial charge in [0.15, 0.2) is 4.90 Å². The molecule has 158 valence electrons. The molecule has 3 rings (SSSR count). The van der Waals surface area contributed by atoms with Crippen LogP contribution in [0.5, 0.6) is 0 Å². The molecular weight excluding hydrogens is 479 g/mol. The molecule has 0 saturated carbocycles. The maximum atomic E-state index is 14.4. The van der Waals surface area contributed by atoms with Crippen LogP contribution >= 0.6 is 15.9 Å². The van der Waals surface area contributed by atoms with Gasteiger partial charge in [0, 0.05) is 43.1 Å². The van der Waals surface area contributed by atoms with Crippen LogP contribution in [-0.2, 0) is 37.2 Å². The monoisotopic (exact) mass is 496 g/mol. The first-order valence-electron chi connectivity index (χ1n) is 8.72. The van der Waals surface area contributed by atoms with Crippen molar-refractivity contribution in [2.75, 3.05) is 0 Å². The molecule has 8 nitrogen and oxygen atoms in total. The number of nitrogens with zero attached hydrogens (tertiary/aromatic N) is 4. The second-order valence-corrected chi connectivity index (χ2v) is 9.40. The predicted molar refractivity (Wildman–Crippen MR) is 112 cm³/mol. The largest absolute Gasteiger partial charge is 0.330 e. The Hall–Kier alpha value is -2.63. The lowest BCUT2D eigenvalue weighted by atomic mass is 10.2. The van der Waals surface area contributed by atoms with Crippen LogP contribution in [0.1, 0.15) is 11.3 Å². The highest BCUT2D eigenvalue weighted by molar-refractivity contribution is 9.10. The van der Waals surface area contributed by atoms with E-state index in [9.17, 15) is 22.4 Å². The number of pyridine rings is 1. The molecule has 0 bridgehead atoms. The Morgan fingerprint density at radius 3 is 2.50 bits per heavy atom. The van der Waals surface area contributed by atoms with Crippen LogP contribution in [0.2, 0.25) is 0 Å². The first-order valence-corrected chi connectivity index (χ1v) is 10.9. The molecule has 2 heterocycles. The summed E-state index contributed by atoms with van der Waals surface area (Å²) in [7, 11) is -1.85. The number of aryl methyl sites for hydroxylation is 1. The van der Waals surface area contributed by atoms with E-state index in [0.29, 0.717) is 14.7 Å². The van der Waals surface area contributed by atoms with Crippen molar-refractivity contribution in [2.24, 2.45) is 14.1 Å². The minimum absolute atomic E-state index is 0.124. The van der Waals surface area contributed by atoms with Gasteiger partial charge in [-0.25, -0.2) is 17.6 Å². The number of hydrogen-bond acceptors (Lipinski definition) is 5. The Balaban J connectivity index is 2.13. The third-order valence-corrected chi connectivity index (χ3v) is 6.73. The number of hydrogen-bond donors (Lipinski definition) is 0. The third-order valence-electron chi connectivity index (χ3n) is 4.46. The quantitative estimate of drug-likeness (QED) is 0.518. The summed E-state index contributed by atoms with van der Waals surface area (Å²) in [6.45, 7) is -0.519. The Kier molecular flexibility index (Phi) is 6.34. The van der Waals surface area contributed by atoms with Crippen LogP contribution in [0.3, 0.4) is 0 Å². The molecule has 0 spiro atoms. The van der Waals surface area contributed by atoms with Gasteiger partial charge in [0.05, 0.1) is 12.2 Å². The zero-order valence-electron chi connectivity index (χ0n) is 16.1. The maximum Gasteiger partial charge on any atom is 0.330 e. The topological polar surface area (TPSA) is 94.3 Å². The lowest BCUT2D eigenvalue weighted by Gasteiger charge is -2.22.